The fourth-order valence-electron chi connectivity index (χ4n) is 3.05. The Kier molecular flexibility index (Phi) is 8.60. The molecule has 2 amide bonds. The summed E-state index contributed by atoms with van der Waals surface area (Å²) < 4.78 is 5.51. The van der Waals surface area contributed by atoms with Crippen LogP contribution in [0, 0.1) is 12.5 Å². The van der Waals surface area contributed by atoms with Crippen LogP contribution in [0.5, 0.6) is 5.75 Å². The Balaban J connectivity index is 1.65. The van der Waals surface area contributed by atoms with Gasteiger partial charge in [-0.3, -0.25) is 19.3 Å². The van der Waals surface area contributed by atoms with Crippen molar-refractivity contribution in [2.24, 2.45) is 5.92 Å². The van der Waals surface area contributed by atoms with Gasteiger partial charge in [0.05, 0.1) is 12.6 Å². The van der Waals surface area contributed by atoms with Crippen LogP contribution in [0.1, 0.15) is 58.8 Å². The number of hydrogen-bond donors (Lipinski definition) is 0. The third kappa shape index (κ3) is 6.86. The summed E-state index contributed by atoms with van der Waals surface area (Å²) >= 11 is 0. The van der Waals surface area contributed by atoms with Gasteiger partial charge in [-0.2, -0.15) is 0 Å². The minimum absolute atomic E-state index is 0.0142. The Morgan fingerprint density at radius 3 is 2.28 bits per heavy atom. The number of ether oxygens (including phenoxy) is 1. The first-order valence-corrected chi connectivity index (χ1v) is 10.2. The third-order valence-corrected chi connectivity index (χ3v) is 4.87. The Morgan fingerprint density at radius 2 is 1.66 bits per heavy atom. The van der Waals surface area contributed by atoms with Crippen LogP contribution in [-0.2, 0) is 14.4 Å². The molecule has 6 nitrogen and oxygen atoms in total. The lowest BCUT2D eigenvalue weighted by atomic mass is 10.0. The summed E-state index contributed by atoms with van der Waals surface area (Å²) in [7, 11) is 0. The predicted octanol–water partition coefficient (Wildman–Crippen LogP) is 4.82. The summed E-state index contributed by atoms with van der Waals surface area (Å²) in [6.07, 6.45) is 7.61. The number of rotatable bonds is 12. The largest absolute Gasteiger partial charge is 0.451 e. The second-order valence-corrected chi connectivity index (χ2v) is 7.50. The predicted molar refractivity (Wildman–Crippen MR) is 110 cm³/mol. The molecule has 0 saturated heterocycles. The van der Waals surface area contributed by atoms with E-state index in [9.17, 15) is 14.4 Å². The first-order valence-electron chi connectivity index (χ1n) is 10.2. The molecule has 0 saturated carbocycles. The molecule has 1 aliphatic rings. The van der Waals surface area contributed by atoms with Crippen LogP contribution in [0.15, 0.2) is 36.1 Å². The summed E-state index contributed by atoms with van der Waals surface area (Å²) in [5, 5.41) is 0. The molecule has 1 aromatic rings. The molecular weight excluding hydrogens is 368 g/mol. The molecule has 0 aromatic heterocycles. The fourth-order valence-corrected chi connectivity index (χ4v) is 3.05. The van der Waals surface area contributed by atoms with E-state index in [4.69, 9.17) is 11.3 Å². The van der Waals surface area contributed by atoms with Gasteiger partial charge in [0, 0.05) is 18.9 Å². The standard InChI is InChI=1S/C23H28N2O4/c1-17(2)20(26)10-8-6-4-5-7-9-15-25-22(27)16-21(23(25)28)29-19-13-11-18(24-3)12-14-19/h11-14,16-17H,4-10,15H2,1-2H3. The molecule has 0 atom stereocenters. The van der Waals surface area contributed by atoms with Crippen molar-refractivity contribution < 1.29 is 19.1 Å². The van der Waals surface area contributed by atoms with Crippen molar-refractivity contribution >= 4 is 23.3 Å². The molecular formula is C23H28N2O4. The van der Waals surface area contributed by atoms with E-state index in [0.29, 0.717) is 30.2 Å². The van der Waals surface area contributed by atoms with E-state index in [2.05, 4.69) is 4.85 Å². The van der Waals surface area contributed by atoms with E-state index in [1.165, 1.54) is 11.0 Å². The number of unbranched alkanes of at least 4 members (excludes halogenated alkanes) is 5. The van der Waals surface area contributed by atoms with Crippen LogP contribution < -0.4 is 4.74 Å². The Hall–Kier alpha value is -2.94. The summed E-state index contributed by atoms with van der Waals surface area (Å²) in [4.78, 5) is 40.6. The van der Waals surface area contributed by atoms with Crippen molar-refractivity contribution in [2.45, 2.75) is 58.8 Å². The van der Waals surface area contributed by atoms with Gasteiger partial charge in [-0.1, -0.05) is 51.7 Å². The molecule has 0 radical (unpaired) electrons. The van der Waals surface area contributed by atoms with Crippen LogP contribution in [-0.4, -0.2) is 29.0 Å². The summed E-state index contributed by atoms with van der Waals surface area (Å²) in [5.74, 6) is 0.101. The van der Waals surface area contributed by atoms with E-state index in [0.717, 1.165) is 38.5 Å². The number of nitrogens with zero attached hydrogens (tertiary/aromatic N) is 2. The second-order valence-electron chi connectivity index (χ2n) is 7.50. The maximum absolute atomic E-state index is 12.4. The van der Waals surface area contributed by atoms with Crippen molar-refractivity contribution in [3.63, 3.8) is 0 Å². The average molecular weight is 396 g/mol. The van der Waals surface area contributed by atoms with E-state index in [1.807, 2.05) is 13.8 Å². The Labute approximate surface area is 172 Å². The van der Waals surface area contributed by atoms with Gasteiger partial charge in [0.25, 0.3) is 11.8 Å². The molecule has 0 aliphatic carbocycles. The highest BCUT2D eigenvalue weighted by molar-refractivity contribution is 6.15. The average Bonchev–Trinajstić information content (AvgIpc) is 2.97. The summed E-state index contributed by atoms with van der Waals surface area (Å²) in [6, 6.07) is 6.40. The lowest BCUT2D eigenvalue weighted by Gasteiger charge is -2.14. The van der Waals surface area contributed by atoms with Crippen LogP contribution in [0.25, 0.3) is 4.85 Å². The first kappa shape index (κ1) is 22.4. The number of benzene rings is 1. The van der Waals surface area contributed by atoms with Gasteiger partial charge in [-0.05, 0) is 25.0 Å². The zero-order valence-electron chi connectivity index (χ0n) is 17.1. The third-order valence-electron chi connectivity index (χ3n) is 4.87. The fraction of sp³-hybridized carbons (Fsp3) is 0.478. The Morgan fingerprint density at radius 1 is 1.03 bits per heavy atom. The van der Waals surface area contributed by atoms with E-state index < -0.39 is 5.91 Å². The molecule has 1 heterocycles. The topological polar surface area (TPSA) is 68.0 Å². The monoisotopic (exact) mass is 396 g/mol. The van der Waals surface area contributed by atoms with Crippen molar-refractivity contribution in [3.8, 4) is 5.75 Å². The maximum Gasteiger partial charge on any atom is 0.296 e. The number of amides is 2. The van der Waals surface area contributed by atoms with Crippen LogP contribution in [0.4, 0.5) is 5.69 Å². The summed E-state index contributed by atoms with van der Waals surface area (Å²) in [6.45, 7) is 11.2. The van der Waals surface area contributed by atoms with Gasteiger partial charge in [0.1, 0.15) is 11.5 Å². The number of imide groups is 1. The van der Waals surface area contributed by atoms with Gasteiger partial charge < -0.3 is 4.74 Å². The molecule has 0 spiro atoms. The van der Waals surface area contributed by atoms with Crippen LogP contribution >= 0.6 is 0 Å². The van der Waals surface area contributed by atoms with Crippen molar-refractivity contribution in [1.82, 2.24) is 4.90 Å². The quantitative estimate of drug-likeness (QED) is 0.288. The Bertz CT molecular complexity index is 803. The van der Waals surface area contributed by atoms with E-state index >= 15 is 0 Å². The lowest BCUT2D eigenvalue weighted by molar-refractivity contribution is -0.138. The number of Topliss-reactive ketones (excluding diaryl/α,β-unsaturated/α-hetero) is 1. The molecule has 0 fully saturated rings. The molecule has 0 unspecified atom stereocenters. The molecule has 6 heteroatoms. The first-order chi connectivity index (χ1) is 13.9. The number of carbonyl (C=O) groups is 3. The minimum Gasteiger partial charge on any atom is -0.451 e. The van der Waals surface area contributed by atoms with Gasteiger partial charge in [-0.25, -0.2) is 4.85 Å². The van der Waals surface area contributed by atoms with Gasteiger partial charge >= 0.3 is 0 Å². The number of hydrogen-bond acceptors (Lipinski definition) is 4. The zero-order chi connectivity index (χ0) is 21.2. The number of ketones is 1. The van der Waals surface area contributed by atoms with Crippen LogP contribution in [0.2, 0.25) is 0 Å². The molecule has 1 aromatic carbocycles. The molecule has 0 N–H and O–H groups in total. The van der Waals surface area contributed by atoms with Crippen molar-refractivity contribution in [2.75, 3.05) is 6.54 Å². The van der Waals surface area contributed by atoms with Gasteiger partial charge in [0.2, 0.25) is 0 Å². The molecule has 0 bridgehead atoms. The zero-order valence-corrected chi connectivity index (χ0v) is 17.1. The number of carbonyl (C=O) groups excluding carboxylic acids is 3. The molecule has 2 rings (SSSR count). The molecule has 1 aliphatic heterocycles. The van der Waals surface area contributed by atoms with Gasteiger partial charge in [0.15, 0.2) is 11.4 Å². The lowest BCUT2D eigenvalue weighted by Crippen LogP contribution is -2.32. The second kappa shape index (κ2) is 11.2. The van der Waals surface area contributed by atoms with E-state index in [-0.39, 0.29) is 17.6 Å². The van der Waals surface area contributed by atoms with E-state index in [1.54, 1.807) is 24.3 Å². The highest BCUT2D eigenvalue weighted by Gasteiger charge is 2.32. The van der Waals surface area contributed by atoms with Gasteiger partial charge in [-0.15, -0.1) is 0 Å². The smallest absolute Gasteiger partial charge is 0.296 e. The highest BCUT2D eigenvalue weighted by atomic mass is 16.5. The highest BCUT2D eigenvalue weighted by Crippen LogP contribution is 2.23. The molecule has 29 heavy (non-hydrogen) atoms. The van der Waals surface area contributed by atoms with Crippen LogP contribution in [0.3, 0.4) is 0 Å². The van der Waals surface area contributed by atoms with Crippen molar-refractivity contribution in [1.29, 1.82) is 0 Å². The maximum atomic E-state index is 12.4. The molecule has 154 valence electrons. The minimum atomic E-state index is -0.420. The van der Waals surface area contributed by atoms with Crippen molar-refractivity contribution in [3.05, 3.63) is 47.5 Å². The summed E-state index contributed by atoms with van der Waals surface area (Å²) in [5.41, 5.74) is 0.480. The normalized spacial score (nSPS) is 13.6. The SMILES string of the molecule is [C-]#[N+]c1ccc(OC2=CC(=O)N(CCCCCCCCC(=O)C(C)C)C2=O)cc1.